The van der Waals surface area contributed by atoms with Crippen LogP contribution in [0.1, 0.15) is 31.7 Å². The lowest BCUT2D eigenvalue weighted by molar-refractivity contribution is -0.138. The lowest BCUT2D eigenvalue weighted by atomic mass is 9.85. The maximum atomic E-state index is 13.1. The van der Waals surface area contributed by atoms with Crippen molar-refractivity contribution in [3.05, 3.63) is 48.0 Å². The van der Waals surface area contributed by atoms with Crippen LogP contribution < -0.4 is 10.2 Å². The van der Waals surface area contributed by atoms with Gasteiger partial charge in [0.1, 0.15) is 23.0 Å². The van der Waals surface area contributed by atoms with E-state index in [2.05, 4.69) is 25.5 Å². The average Bonchev–Trinajstić information content (AvgIpc) is 3.52. The molecule has 1 amide bonds. The number of benzene rings is 1. The second kappa shape index (κ2) is 7.58. The first kappa shape index (κ1) is 20.9. The van der Waals surface area contributed by atoms with E-state index in [1.165, 1.54) is 0 Å². The third kappa shape index (κ3) is 3.47. The second-order valence-corrected chi connectivity index (χ2v) is 8.89. The van der Waals surface area contributed by atoms with Crippen molar-refractivity contribution in [1.82, 2.24) is 25.5 Å². The molecule has 4 heterocycles. The van der Waals surface area contributed by atoms with Crippen LogP contribution in [-0.2, 0) is 15.0 Å². The number of hydrogen-bond acceptors (Lipinski definition) is 7. The molecule has 3 N–H and O–H groups in total. The summed E-state index contributed by atoms with van der Waals surface area (Å²) in [6.07, 6.45) is 3.54. The second-order valence-electron chi connectivity index (χ2n) is 8.89. The number of aryl methyl sites for hydroxylation is 1. The minimum Gasteiger partial charge on any atom is -0.480 e. The fourth-order valence-electron chi connectivity index (χ4n) is 4.38. The van der Waals surface area contributed by atoms with Gasteiger partial charge in [-0.3, -0.25) is 9.89 Å². The number of fused-ring (bicyclic) bond motifs is 3. The molecule has 1 fully saturated rings. The van der Waals surface area contributed by atoms with Crippen molar-refractivity contribution in [2.75, 3.05) is 11.4 Å². The first-order chi connectivity index (χ1) is 15.8. The Bertz CT molecular complexity index is 1360. The Morgan fingerprint density at radius 2 is 2.06 bits per heavy atom. The van der Waals surface area contributed by atoms with Crippen LogP contribution in [0.2, 0.25) is 0 Å². The van der Waals surface area contributed by atoms with Crippen LogP contribution in [0.25, 0.3) is 22.1 Å². The summed E-state index contributed by atoms with van der Waals surface area (Å²) in [5.74, 6) is -0.247. The molecule has 3 aromatic heterocycles. The van der Waals surface area contributed by atoms with Gasteiger partial charge in [-0.15, -0.1) is 0 Å². The zero-order valence-corrected chi connectivity index (χ0v) is 18.5. The van der Waals surface area contributed by atoms with E-state index >= 15 is 0 Å². The number of aromatic nitrogens is 4. The number of nitrogens with zero attached hydrogens (tertiary/aromatic N) is 4. The number of hydrogen-bond donors (Lipinski definition) is 3. The Balaban J connectivity index is 1.49. The van der Waals surface area contributed by atoms with Gasteiger partial charge >= 0.3 is 5.97 Å². The van der Waals surface area contributed by atoms with E-state index in [0.717, 1.165) is 10.9 Å². The Labute approximate surface area is 189 Å². The predicted octanol–water partition coefficient (Wildman–Crippen LogP) is 2.53. The van der Waals surface area contributed by atoms with Crippen molar-refractivity contribution in [3.8, 4) is 0 Å². The summed E-state index contributed by atoms with van der Waals surface area (Å²) >= 11 is 0. The number of aromatic amines is 1. The molecular formula is C23H24N6O4. The molecule has 0 aliphatic carbocycles. The first-order valence-corrected chi connectivity index (χ1v) is 10.7. The maximum Gasteiger partial charge on any atom is 0.326 e. The highest BCUT2D eigenvalue weighted by Crippen LogP contribution is 2.36. The fourth-order valence-corrected chi connectivity index (χ4v) is 4.38. The van der Waals surface area contributed by atoms with Crippen LogP contribution in [-0.4, -0.2) is 55.8 Å². The van der Waals surface area contributed by atoms with Crippen LogP contribution in [0.3, 0.4) is 0 Å². The number of rotatable bonds is 5. The number of nitrogens with one attached hydrogen (secondary N) is 2. The summed E-state index contributed by atoms with van der Waals surface area (Å²) in [6.45, 7) is 5.66. The molecule has 0 spiro atoms. The highest BCUT2D eigenvalue weighted by atomic mass is 16.4. The molecule has 0 saturated carbocycles. The van der Waals surface area contributed by atoms with Crippen molar-refractivity contribution in [2.45, 2.75) is 44.7 Å². The number of carbonyl (C=O) groups is 2. The number of amides is 1. The van der Waals surface area contributed by atoms with Gasteiger partial charge in [0.15, 0.2) is 11.4 Å². The molecule has 1 saturated heterocycles. The number of H-pyrrole nitrogens is 1. The normalized spacial score (nSPS) is 18.8. The van der Waals surface area contributed by atoms with Gasteiger partial charge in [0.25, 0.3) is 0 Å². The van der Waals surface area contributed by atoms with Crippen molar-refractivity contribution in [3.63, 3.8) is 0 Å². The van der Waals surface area contributed by atoms with Gasteiger partial charge in [-0.1, -0.05) is 12.1 Å². The van der Waals surface area contributed by atoms with Gasteiger partial charge in [0.2, 0.25) is 5.91 Å². The third-order valence-electron chi connectivity index (χ3n) is 6.29. The van der Waals surface area contributed by atoms with E-state index in [-0.39, 0.29) is 24.9 Å². The molecule has 0 unspecified atom stereocenters. The third-order valence-corrected chi connectivity index (χ3v) is 6.29. The van der Waals surface area contributed by atoms with Gasteiger partial charge in [0.05, 0.1) is 11.6 Å². The topological polar surface area (TPSA) is 137 Å². The van der Waals surface area contributed by atoms with Gasteiger partial charge in [-0.2, -0.15) is 5.10 Å². The molecule has 4 aromatic rings. The monoisotopic (exact) mass is 448 g/mol. The van der Waals surface area contributed by atoms with E-state index in [4.69, 9.17) is 4.42 Å². The van der Waals surface area contributed by atoms with Crippen LogP contribution >= 0.6 is 0 Å². The van der Waals surface area contributed by atoms with Crippen LogP contribution in [0, 0.1) is 6.92 Å². The zero-order valence-electron chi connectivity index (χ0n) is 18.5. The summed E-state index contributed by atoms with van der Waals surface area (Å²) in [5, 5.41) is 20.5. The number of carboxylic acid groups (broad SMARTS) is 1. The summed E-state index contributed by atoms with van der Waals surface area (Å²) in [6, 6.07) is 6.29. The average molecular weight is 448 g/mol. The molecule has 10 nitrogen and oxygen atoms in total. The summed E-state index contributed by atoms with van der Waals surface area (Å²) in [5.41, 5.74) is 1.67. The lowest BCUT2D eigenvalue weighted by Crippen LogP contribution is -2.46. The van der Waals surface area contributed by atoms with E-state index in [1.807, 2.05) is 24.3 Å². The number of para-hydroxylation sites is 1. The summed E-state index contributed by atoms with van der Waals surface area (Å²) in [7, 11) is 0. The molecular weight excluding hydrogens is 424 g/mol. The quantitative estimate of drug-likeness (QED) is 0.424. The molecule has 1 aliphatic rings. The largest absolute Gasteiger partial charge is 0.480 e. The number of carboxylic acids is 1. The number of anilines is 1. The van der Waals surface area contributed by atoms with Gasteiger partial charge in [-0.05, 0) is 32.9 Å². The summed E-state index contributed by atoms with van der Waals surface area (Å²) < 4.78 is 6.04. The van der Waals surface area contributed by atoms with E-state index in [1.54, 1.807) is 38.1 Å². The fraction of sp³-hybridized carbons (Fsp3) is 0.348. The van der Waals surface area contributed by atoms with Crippen molar-refractivity contribution in [1.29, 1.82) is 0 Å². The molecule has 170 valence electrons. The highest BCUT2D eigenvalue weighted by Gasteiger charge is 2.42. The standard InChI is InChI=1S/C23H24N6O4/c1-12-26-18-15-6-4-5-7-17(15)33-19(18)20(27-12)29-11-14(8-16(29)21(30)31)28-22(32)23(2,3)13-9-24-25-10-13/h4-7,9-10,14,16H,8,11H2,1-3H3,(H,24,25)(H,28,32)(H,30,31)/t14-,16-/m0/s1. The van der Waals surface area contributed by atoms with Crippen LogP contribution in [0.5, 0.6) is 0 Å². The van der Waals surface area contributed by atoms with Gasteiger partial charge in [-0.25, -0.2) is 14.8 Å². The molecule has 5 rings (SSSR count). The predicted molar refractivity (Wildman–Crippen MR) is 121 cm³/mol. The lowest BCUT2D eigenvalue weighted by Gasteiger charge is -2.25. The van der Waals surface area contributed by atoms with E-state index in [9.17, 15) is 14.7 Å². The van der Waals surface area contributed by atoms with Gasteiger partial charge < -0.3 is 19.7 Å². The van der Waals surface area contributed by atoms with Crippen molar-refractivity contribution < 1.29 is 19.1 Å². The number of furan rings is 1. The molecule has 2 atom stereocenters. The van der Waals surface area contributed by atoms with Gasteiger partial charge in [0, 0.05) is 36.2 Å². The Morgan fingerprint density at radius 1 is 1.27 bits per heavy atom. The number of carbonyl (C=O) groups excluding carboxylic acids is 1. The van der Waals surface area contributed by atoms with Crippen LogP contribution in [0.4, 0.5) is 5.82 Å². The smallest absolute Gasteiger partial charge is 0.326 e. The molecule has 1 aliphatic heterocycles. The van der Waals surface area contributed by atoms with E-state index < -0.39 is 17.4 Å². The Morgan fingerprint density at radius 3 is 2.79 bits per heavy atom. The molecule has 0 radical (unpaired) electrons. The minimum absolute atomic E-state index is 0.201. The molecule has 1 aromatic carbocycles. The number of aliphatic carboxylic acids is 1. The Kier molecular flexibility index (Phi) is 4.80. The minimum atomic E-state index is -0.985. The highest BCUT2D eigenvalue weighted by molar-refractivity contribution is 6.06. The van der Waals surface area contributed by atoms with Crippen molar-refractivity contribution in [2.24, 2.45) is 0 Å². The summed E-state index contributed by atoms with van der Waals surface area (Å²) in [4.78, 5) is 36.0. The zero-order chi connectivity index (χ0) is 23.3. The molecule has 0 bridgehead atoms. The van der Waals surface area contributed by atoms with E-state index in [0.29, 0.717) is 28.3 Å². The van der Waals surface area contributed by atoms with Crippen LogP contribution in [0.15, 0.2) is 41.1 Å². The SMILES string of the molecule is Cc1nc(N2C[C@@H](NC(=O)C(C)(C)c3cn[nH]c3)C[C@H]2C(=O)O)c2oc3ccccc3c2n1. The molecule has 10 heteroatoms. The van der Waals surface area contributed by atoms with Crippen molar-refractivity contribution >= 4 is 39.8 Å². The maximum absolute atomic E-state index is 13.1. The molecule has 33 heavy (non-hydrogen) atoms. The Hall–Kier alpha value is -3.95. The first-order valence-electron chi connectivity index (χ1n) is 10.7.